The van der Waals surface area contributed by atoms with Crippen LogP contribution in [-0.2, 0) is 20.4 Å². The van der Waals surface area contributed by atoms with Crippen LogP contribution >= 0.6 is 20.0 Å². The lowest BCUT2D eigenvalue weighted by Gasteiger charge is -2.10. The molecule has 2 rings (SSSR count). The van der Waals surface area contributed by atoms with Gasteiger partial charge in [0, 0.05) is 5.39 Å². The van der Waals surface area contributed by atoms with Crippen LogP contribution in [0.5, 0.6) is 0 Å². The molecule has 0 radical (unpaired) electrons. The highest BCUT2D eigenvalue weighted by Gasteiger charge is 2.13. The van der Waals surface area contributed by atoms with Crippen LogP contribution < -0.4 is 10.9 Å². The molecule has 118 valence electrons. The molecule has 2 aromatic rings. The number of ether oxygens (including phenoxy) is 1. The van der Waals surface area contributed by atoms with E-state index in [4.69, 9.17) is 31.2 Å². The normalized spacial score (nSPS) is 11.4. The first-order valence-corrected chi connectivity index (χ1v) is 7.91. The number of fused-ring (bicyclic) bond motifs is 1. The number of rotatable bonds is 5. The maximum Gasteiger partial charge on any atom is 0.471 e. The Balaban J connectivity index is 1.94. The largest absolute Gasteiger partial charge is 0.471 e. The molecule has 0 unspecified atom stereocenters. The quantitative estimate of drug-likeness (QED) is 0.318. The van der Waals surface area contributed by atoms with Gasteiger partial charge in [0.2, 0.25) is 0 Å². The van der Waals surface area contributed by atoms with Crippen LogP contribution in [0.3, 0.4) is 0 Å². The molecule has 1 aromatic heterocycles. The first-order valence-electron chi connectivity index (χ1n) is 5.97. The number of phosphoric ester groups is 1. The standard InChI is InChI=1S/C12H12NO7PS/c14-11-9(5-8-3-1-2-4-10(8)20-11)6-18-12(22)13-7-19-21(15,16)17/h1-5H,6-7H2,(H,13,22)(H2,15,16,17). The van der Waals surface area contributed by atoms with E-state index in [9.17, 15) is 9.36 Å². The summed E-state index contributed by atoms with van der Waals surface area (Å²) in [5, 5.41) is 2.90. The molecule has 0 aliphatic rings. The Morgan fingerprint density at radius 3 is 2.82 bits per heavy atom. The zero-order chi connectivity index (χ0) is 16.2. The summed E-state index contributed by atoms with van der Waals surface area (Å²) in [5.41, 5.74) is 0.179. The third-order valence-corrected chi connectivity index (χ3v) is 3.25. The highest BCUT2D eigenvalue weighted by Crippen LogP contribution is 2.34. The first kappa shape index (κ1) is 16.6. The van der Waals surface area contributed by atoms with E-state index < -0.39 is 20.2 Å². The van der Waals surface area contributed by atoms with Crippen molar-refractivity contribution in [2.75, 3.05) is 6.73 Å². The molecule has 0 spiro atoms. The van der Waals surface area contributed by atoms with Crippen LogP contribution in [0.25, 0.3) is 11.0 Å². The number of phosphoric acid groups is 1. The van der Waals surface area contributed by atoms with Gasteiger partial charge in [-0.2, -0.15) is 0 Å². The third kappa shape index (κ3) is 4.90. The molecule has 0 saturated heterocycles. The van der Waals surface area contributed by atoms with E-state index in [1.165, 1.54) is 0 Å². The van der Waals surface area contributed by atoms with Gasteiger partial charge in [0.25, 0.3) is 5.17 Å². The summed E-state index contributed by atoms with van der Waals surface area (Å²) in [7, 11) is -4.58. The van der Waals surface area contributed by atoms with Gasteiger partial charge < -0.3 is 24.3 Å². The van der Waals surface area contributed by atoms with E-state index in [0.717, 1.165) is 5.39 Å². The van der Waals surface area contributed by atoms with Crippen LogP contribution in [0.4, 0.5) is 0 Å². The molecule has 0 amide bonds. The maximum atomic E-state index is 11.8. The average Bonchev–Trinajstić information content (AvgIpc) is 2.43. The second kappa shape index (κ2) is 6.99. The highest BCUT2D eigenvalue weighted by atomic mass is 32.1. The Bertz CT molecular complexity index is 784. The summed E-state index contributed by atoms with van der Waals surface area (Å²) in [6.45, 7) is -0.662. The first-order chi connectivity index (χ1) is 10.3. The van der Waals surface area contributed by atoms with Gasteiger partial charge in [-0.05, 0) is 24.4 Å². The van der Waals surface area contributed by atoms with Crippen LogP contribution in [0.2, 0.25) is 0 Å². The van der Waals surface area contributed by atoms with E-state index in [2.05, 4.69) is 9.84 Å². The molecule has 0 bridgehead atoms. The van der Waals surface area contributed by atoms with E-state index in [1.807, 2.05) is 0 Å². The SMILES string of the molecule is O=c1oc2ccccc2cc1COC(=S)NCOP(=O)(O)O. The van der Waals surface area contributed by atoms with Gasteiger partial charge in [-0.15, -0.1) is 0 Å². The second-order valence-corrected chi connectivity index (χ2v) is 5.72. The third-order valence-electron chi connectivity index (χ3n) is 2.52. The summed E-state index contributed by atoms with van der Waals surface area (Å²) in [6.07, 6.45) is 0. The molecular formula is C12H12NO7PS. The van der Waals surface area contributed by atoms with Crippen molar-refractivity contribution >= 4 is 36.2 Å². The van der Waals surface area contributed by atoms with Crippen molar-refractivity contribution in [1.29, 1.82) is 0 Å². The molecule has 0 aliphatic carbocycles. The lowest BCUT2D eigenvalue weighted by atomic mass is 10.2. The zero-order valence-corrected chi connectivity index (χ0v) is 12.8. The molecule has 0 fully saturated rings. The molecule has 8 nitrogen and oxygen atoms in total. The number of benzene rings is 1. The van der Waals surface area contributed by atoms with Crippen molar-refractivity contribution in [2.24, 2.45) is 0 Å². The van der Waals surface area contributed by atoms with Gasteiger partial charge in [-0.25, -0.2) is 9.36 Å². The number of hydrogen-bond acceptors (Lipinski definition) is 6. The summed E-state index contributed by atoms with van der Waals surface area (Å²) >= 11 is 4.78. The van der Waals surface area contributed by atoms with Gasteiger partial charge >= 0.3 is 13.4 Å². The molecule has 22 heavy (non-hydrogen) atoms. The van der Waals surface area contributed by atoms with Crippen molar-refractivity contribution in [3.8, 4) is 0 Å². The lowest BCUT2D eigenvalue weighted by molar-refractivity contribution is 0.185. The average molecular weight is 345 g/mol. The Kier molecular flexibility index (Phi) is 5.28. The summed E-state index contributed by atoms with van der Waals surface area (Å²) < 4.78 is 24.8. The van der Waals surface area contributed by atoms with Gasteiger partial charge in [-0.3, -0.25) is 4.52 Å². The van der Waals surface area contributed by atoms with Gasteiger partial charge in [0.1, 0.15) is 18.9 Å². The summed E-state index contributed by atoms with van der Waals surface area (Å²) in [4.78, 5) is 28.7. The fourth-order valence-electron chi connectivity index (χ4n) is 1.57. The highest BCUT2D eigenvalue weighted by molar-refractivity contribution is 7.80. The summed E-state index contributed by atoms with van der Waals surface area (Å²) in [5.74, 6) is 0. The molecule has 10 heteroatoms. The fraction of sp³-hybridized carbons (Fsp3) is 0.167. The minimum atomic E-state index is -4.58. The predicted octanol–water partition coefficient (Wildman–Crippen LogP) is 1.25. The molecule has 1 heterocycles. The second-order valence-electron chi connectivity index (χ2n) is 4.11. The van der Waals surface area contributed by atoms with Crippen molar-refractivity contribution in [3.05, 3.63) is 46.3 Å². The fourth-order valence-corrected chi connectivity index (χ4v) is 1.93. The van der Waals surface area contributed by atoms with Crippen molar-refractivity contribution in [1.82, 2.24) is 5.32 Å². The molecule has 0 saturated carbocycles. The minimum Gasteiger partial charge on any atom is -0.466 e. The number of hydrogen-bond donors (Lipinski definition) is 3. The van der Waals surface area contributed by atoms with E-state index >= 15 is 0 Å². The zero-order valence-electron chi connectivity index (χ0n) is 11.1. The predicted molar refractivity (Wildman–Crippen MR) is 81.0 cm³/mol. The lowest BCUT2D eigenvalue weighted by Crippen LogP contribution is -2.26. The van der Waals surface area contributed by atoms with Gasteiger partial charge in [0.05, 0.1) is 5.56 Å². The van der Waals surface area contributed by atoms with E-state index in [0.29, 0.717) is 5.58 Å². The van der Waals surface area contributed by atoms with E-state index in [-0.39, 0.29) is 17.3 Å². The number of nitrogens with one attached hydrogen (secondary N) is 1. The van der Waals surface area contributed by atoms with Crippen molar-refractivity contribution < 1.29 is 28.0 Å². The van der Waals surface area contributed by atoms with Crippen LogP contribution in [0, 0.1) is 0 Å². The molecule has 0 atom stereocenters. The molecular weight excluding hydrogens is 333 g/mol. The Labute approximate surface area is 129 Å². The van der Waals surface area contributed by atoms with Crippen molar-refractivity contribution in [2.45, 2.75) is 6.61 Å². The topological polar surface area (TPSA) is 118 Å². The Hall–Kier alpha value is -1.77. The molecule has 3 N–H and O–H groups in total. The van der Waals surface area contributed by atoms with Crippen LogP contribution in [-0.4, -0.2) is 21.7 Å². The monoisotopic (exact) mass is 345 g/mol. The van der Waals surface area contributed by atoms with Gasteiger partial charge in [-0.1, -0.05) is 18.2 Å². The maximum absolute atomic E-state index is 11.8. The number of para-hydroxylation sites is 1. The number of thiocarbonyl (C=S) groups is 1. The Morgan fingerprint density at radius 1 is 1.36 bits per heavy atom. The smallest absolute Gasteiger partial charge is 0.466 e. The van der Waals surface area contributed by atoms with Crippen LogP contribution in [0.15, 0.2) is 39.5 Å². The molecule has 0 aliphatic heterocycles. The molecule has 1 aromatic carbocycles. The van der Waals surface area contributed by atoms with Crippen molar-refractivity contribution in [3.63, 3.8) is 0 Å². The summed E-state index contributed by atoms with van der Waals surface area (Å²) in [6, 6.07) is 8.63. The van der Waals surface area contributed by atoms with Gasteiger partial charge in [0.15, 0.2) is 0 Å². The minimum absolute atomic E-state index is 0.144. The van der Waals surface area contributed by atoms with Crippen LogP contribution in [0.1, 0.15) is 5.56 Å². The van der Waals surface area contributed by atoms with E-state index in [1.54, 1.807) is 30.3 Å². The Morgan fingerprint density at radius 2 is 2.09 bits per heavy atom.